The Morgan fingerprint density at radius 3 is 1.48 bits per heavy atom. The van der Waals surface area contributed by atoms with Gasteiger partial charge in [-0.15, -0.1) is 0 Å². The maximum Gasteiger partial charge on any atom is 0.411 e. The van der Waals surface area contributed by atoms with Crippen LogP contribution in [0.1, 0.15) is 211 Å². The van der Waals surface area contributed by atoms with Gasteiger partial charge in [-0.05, 0) is 92.3 Å². The van der Waals surface area contributed by atoms with E-state index in [1.54, 1.807) is 0 Å². The van der Waals surface area contributed by atoms with E-state index in [0.29, 0.717) is 115 Å². The third kappa shape index (κ3) is 31.1. The topological polar surface area (TPSA) is 153 Å². The molecule has 1 aromatic heterocycles. The highest BCUT2D eigenvalue weighted by Crippen LogP contribution is 2.42. The first-order valence-electron chi connectivity index (χ1n) is 27.5. The second kappa shape index (κ2) is 36.0. The number of hydrogen-bond acceptors (Lipinski definition) is 8. The maximum atomic E-state index is 13.2. The van der Waals surface area contributed by atoms with Crippen LogP contribution < -0.4 is 35.7 Å². The number of ether oxygens (including phenoxy) is 4. The van der Waals surface area contributed by atoms with E-state index in [-0.39, 0.29) is 18.1 Å². The summed E-state index contributed by atoms with van der Waals surface area (Å²) in [5, 5.41) is 8.47. The average molecular weight is 968 g/mol. The fraction of sp³-hybridized carbons (Fsp3) is 0.789. The van der Waals surface area contributed by atoms with Gasteiger partial charge in [0.15, 0.2) is 11.5 Å². The highest BCUT2D eigenvalue weighted by molar-refractivity contribution is 5.87. The summed E-state index contributed by atoms with van der Waals surface area (Å²) in [4.78, 5) is 45.2. The Bertz CT molecular complexity index is 1680. The number of benzene rings is 1. The Labute approximate surface area is 420 Å². The molecule has 3 amide bonds. The fourth-order valence-electron chi connectivity index (χ4n) is 8.42. The standard InChI is InChI=1S/C57H101N5O7/c1-41(2)21-17-25-45(9)29-34-66-51-38-50(39-52(67-35-30-46(10)26-18-22-42(3)4)54(51)68-36-31-47(11)27-19-23-43(5)6)60-57(65)69-33-16-14-13-15-32-58-56(64)62-55-59-49(40-53(63)61-55)37-48(12)28-20-24-44(7)8/h38-48H,13-37H2,1-12H3,(H,60,65)(H3,58,59,61,62,63,64)/t45-,46-,47-,48-/m0/s1. The van der Waals surface area contributed by atoms with Gasteiger partial charge in [-0.2, -0.15) is 0 Å². The minimum atomic E-state index is -0.539. The predicted octanol–water partition coefficient (Wildman–Crippen LogP) is 15.4. The van der Waals surface area contributed by atoms with Gasteiger partial charge in [-0.3, -0.25) is 20.4 Å². The van der Waals surface area contributed by atoms with Crippen molar-refractivity contribution in [3.05, 3.63) is 34.2 Å². The maximum absolute atomic E-state index is 13.2. The van der Waals surface area contributed by atoms with Crippen LogP contribution in [0.3, 0.4) is 0 Å². The molecule has 0 saturated carbocycles. The molecular formula is C57H101N5O7. The first-order valence-corrected chi connectivity index (χ1v) is 27.5. The van der Waals surface area contributed by atoms with Crippen LogP contribution in [0.25, 0.3) is 0 Å². The number of aromatic nitrogens is 2. The molecule has 0 spiro atoms. The van der Waals surface area contributed by atoms with Gasteiger partial charge in [0.25, 0.3) is 5.56 Å². The quantitative estimate of drug-likeness (QED) is 0.0483. The van der Waals surface area contributed by atoms with Crippen LogP contribution in [-0.2, 0) is 11.2 Å². The van der Waals surface area contributed by atoms with Gasteiger partial charge in [0, 0.05) is 24.7 Å². The van der Waals surface area contributed by atoms with E-state index in [1.165, 1.54) is 70.3 Å². The molecule has 0 unspecified atom stereocenters. The molecule has 1 heterocycles. The van der Waals surface area contributed by atoms with E-state index in [4.69, 9.17) is 18.9 Å². The molecule has 4 N–H and O–H groups in total. The van der Waals surface area contributed by atoms with Crippen molar-refractivity contribution < 1.29 is 28.5 Å². The van der Waals surface area contributed by atoms with Crippen LogP contribution in [0, 0.1) is 47.3 Å². The zero-order valence-corrected chi connectivity index (χ0v) is 45.8. The van der Waals surface area contributed by atoms with Crippen LogP contribution in [-0.4, -0.2) is 55.1 Å². The van der Waals surface area contributed by atoms with Crippen molar-refractivity contribution in [3.8, 4) is 17.2 Å². The molecule has 396 valence electrons. The zero-order chi connectivity index (χ0) is 51.0. The molecule has 0 radical (unpaired) electrons. The van der Waals surface area contributed by atoms with Crippen LogP contribution in [0.15, 0.2) is 23.0 Å². The van der Waals surface area contributed by atoms with Crippen LogP contribution >= 0.6 is 0 Å². The van der Waals surface area contributed by atoms with E-state index in [2.05, 4.69) is 109 Å². The second-order valence-electron chi connectivity index (χ2n) is 22.3. The zero-order valence-electron chi connectivity index (χ0n) is 45.8. The number of aromatic amines is 1. The number of carbonyl (C=O) groups excluding carboxylic acids is 2. The summed E-state index contributed by atoms with van der Waals surface area (Å²) in [6, 6.07) is 4.78. The number of nitrogens with zero attached hydrogens (tertiary/aromatic N) is 1. The second-order valence-corrected chi connectivity index (χ2v) is 22.3. The normalized spacial score (nSPS) is 13.4. The van der Waals surface area contributed by atoms with Crippen molar-refractivity contribution in [1.29, 1.82) is 0 Å². The molecule has 12 nitrogen and oxygen atoms in total. The fourth-order valence-corrected chi connectivity index (χ4v) is 8.42. The molecule has 12 heteroatoms. The number of unbranched alkanes of at least 4 members (excludes halogenated alkanes) is 3. The van der Waals surface area contributed by atoms with Crippen LogP contribution in [0.2, 0.25) is 0 Å². The van der Waals surface area contributed by atoms with E-state index in [0.717, 1.165) is 51.4 Å². The lowest BCUT2D eigenvalue weighted by molar-refractivity contribution is 0.159. The van der Waals surface area contributed by atoms with Crippen molar-refractivity contribution in [2.24, 2.45) is 47.3 Å². The largest absolute Gasteiger partial charge is 0.489 e. The Kier molecular flexibility index (Phi) is 31.9. The van der Waals surface area contributed by atoms with Crippen molar-refractivity contribution >= 4 is 23.8 Å². The molecular weight excluding hydrogens is 867 g/mol. The lowest BCUT2D eigenvalue weighted by atomic mass is 9.96. The van der Waals surface area contributed by atoms with Crippen LogP contribution in [0.5, 0.6) is 17.2 Å². The van der Waals surface area contributed by atoms with Gasteiger partial charge in [0.05, 0.1) is 37.8 Å². The molecule has 0 aliphatic carbocycles. The van der Waals surface area contributed by atoms with Crippen molar-refractivity contribution in [2.75, 3.05) is 43.6 Å². The SMILES string of the molecule is CC(C)CCC[C@H](C)CCOc1cc(NC(=O)OCCCCCCNC(=O)Nc2nc(C[C@@H](C)CCCC(C)C)cc(=O)[nH]2)cc(OCC[C@@H](C)CCCC(C)C)c1OCC[C@@H](C)CCCC(C)C. The summed E-state index contributed by atoms with van der Waals surface area (Å²) < 4.78 is 25.3. The number of urea groups is 1. The van der Waals surface area contributed by atoms with E-state index >= 15 is 0 Å². The number of hydrogen-bond donors (Lipinski definition) is 4. The third-order valence-electron chi connectivity index (χ3n) is 12.9. The number of nitrogens with one attached hydrogen (secondary N) is 4. The van der Waals surface area contributed by atoms with Gasteiger partial charge < -0.3 is 24.3 Å². The highest BCUT2D eigenvalue weighted by Gasteiger charge is 2.20. The number of H-pyrrole nitrogens is 1. The lowest BCUT2D eigenvalue weighted by Gasteiger charge is -2.21. The number of carbonyl (C=O) groups is 2. The van der Waals surface area contributed by atoms with E-state index < -0.39 is 12.1 Å². The summed E-state index contributed by atoms with van der Waals surface area (Å²) in [6.07, 6.45) is 20.3. The molecule has 4 atom stereocenters. The minimum absolute atomic E-state index is 0.152. The van der Waals surface area contributed by atoms with E-state index in [1.807, 2.05) is 12.1 Å². The van der Waals surface area contributed by atoms with Gasteiger partial charge >= 0.3 is 12.1 Å². The first-order chi connectivity index (χ1) is 32.9. The Morgan fingerprint density at radius 1 is 0.522 bits per heavy atom. The number of rotatable bonds is 39. The highest BCUT2D eigenvalue weighted by atomic mass is 16.6. The lowest BCUT2D eigenvalue weighted by Crippen LogP contribution is -2.31. The third-order valence-corrected chi connectivity index (χ3v) is 12.9. The predicted molar refractivity (Wildman–Crippen MR) is 287 cm³/mol. The van der Waals surface area contributed by atoms with Crippen LogP contribution in [0.4, 0.5) is 21.2 Å². The van der Waals surface area contributed by atoms with Crippen molar-refractivity contribution in [2.45, 2.75) is 212 Å². The molecule has 0 saturated heterocycles. The molecule has 69 heavy (non-hydrogen) atoms. The molecule has 2 rings (SSSR count). The molecule has 0 bridgehead atoms. The Hall–Kier alpha value is -3.96. The molecule has 0 aliphatic heterocycles. The number of amides is 3. The minimum Gasteiger partial charge on any atom is -0.489 e. The summed E-state index contributed by atoms with van der Waals surface area (Å²) in [5.41, 5.74) is 0.935. The molecule has 0 fully saturated rings. The van der Waals surface area contributed by atoms with Crippen molar-refractivity contribution in [1.82, 2.24) is 15.3 Å². The Morgan fingerprint density at radius 2 is 0.986 bits per heavy atom. The van der Waals surface area contributed by atoms with Gasteiger partial charge in [-0.1, -0.05) is 167 Å². The van der Waals surface area contributed by atoms with Gasteiger partial charge in [-0.25, -0.2) is 14.6 Å². The first kappa shape index (κ1) is 61.2. The molecule has 2 aromatic rings. The smallest absolute Gasteiger partial charge is 0.411 e. The summed E-state index contributed by atoms with van der Waals surface area (Å²) in [7, 11) is 0. The Balaban J connectivity index is 2.00. The molecule has 0 aliphatic rings. The van der Waals surface area contributed by atoms with Crippen molar-refractivity contribution in [3.63, 3.8) is 0 Å². The average Bonchev–Trinajstić information content (AvgIpc) is 3.24. The summed E-state index contributed by atoms with van der Waals surface area (Å²) in [5.74, 6) is 6.69. The summed E-state index contributed by atoms with van der Waals surface area (Å²) in [6.45, 7) is 29.5. The van der Waals surface area contributed by atoms with Gasteiger partial charge in [0.1, 0.15) is 0 Å². The number of anilines is 2. The molecule has 1 aromatic carbocycles. The van der Waals surface area contributed by atoms with E-state index in [9.17, 15) is 14.4 Å². The van der Waals surface area contributed by atoms with Gasteiger partial charge in [0.2, 0.25) is 11.7 Å². The summed E-state index contributed by atoms with van der Waals surface area (Å²) >= 11 is 0. The monoisotopic (exact) mass is 968 g/mol.